The highest BCUT2D eigenvalue weighted by atomic mass is 16.6. The normalized spacial score (nSPS) is 13.5. The van der Waals surface area contributed by atoms with Crippen LogP contribution in [0.25, 0.3) is 21.9 Å². The summed E-state index contributed by atoms with van der Waals surface area (Å²) in [5, 5.41) is 27.5. The molecule has 1 aliphatic carbocycles. The van der Waals surface area contributed by atoms with Gasteiger partial charge in [-0.2, -0.15) is 9.78 Å². The van der Waals surface area contributed by atoms with Crippen LogP contribution in [0, 0.1) is 17.0 Å². The molecule has 35 heavy (non-hydrogen) atoms. The molecule has 0 radical (unpaired) electrons. The lowest BCUT2D eigenvalue weighted by Crippen LogP contribution is -2.21. The molecule has 2 heterocycles. The molecule has 5 rings (SSSR count). The number of rotatable bonds is 5. The van der Waals surface area contributed by atoms with E-state index in [1.807, 2.05) is 0 Å². The van der Waals surface area contributed by atoms with E-state index >= 15 is 0 Å². The maximum Gasteiger partial charge on any atom is 0.315 e. The summed E-state index contributed by atoms with van der Waals surface area (Å²) in [5.41, 5.74) is 0.763. The summed E-state index contributed by atoms with van der Waals surface area (Å²) >= 11 is 0. The third kappa shape index (κ3) is 3.56. The van der Waals surface area contributed by atoms with Crippen molar-refractivity contribution in [3.63, 3.8) is 0 Å². The largest absolute Gasteiger partial charge is 0.502 e. The second-order valence-electron chi connectivity index (χ2n) is 8.24. The molecule has 0 atom stereocenters. The number of furan rings is 1. The molecule has 1 N–H and O–H groups in total. The molecule has 0 amide bonds. The number of nitrogens with zero attached hydrogens (tertiary/aromatic N) is 4. The zero-order valence-electron chi connectivity index (χ0n) is 19.3. The maximum atomic E-state index is 13.3. The SMILES string of the molecule is COc1cc2nc(C)n(N=Cc3c(O)c([N+](=O)[O-])cc4oc5c(c34)CCCC5)c(=O)c2cc1OC. The molecule has 0 unspecified atom stereocenters. The Labute approximate surface area is 198 Å². The van der Waals surface area contributed by atoms with Crippen LogP contribution in [0.4, 0.5) is 5.69 Å². The Hall–Kier alpha value is -4.41. The maximum absolute atomic E-state index is 13.3. The van der Waals surface area contributed by atoms with Crippen LogP contribution < -0.4 is 15.0 Å². The molecule has 1 aliphatic rings. The summed E-state index contributed by atoms with van der Waals surface area (Å²) in [5.74, 6) is 1.29. The Morgan fingerprint density at radius 3 is 2.63 bits per heavy atom. The minimum absolute atomic E-state index is 0.125. The number of phenolic OH excluding ortho intramolecular Hbond substituents is 1. The lowest BCUT2D eigenvalue weighted by Gasteiger charge is -2.11. The molecule has 0 aliphatic heterocycles. The molecule has 0 saturated heterocycles. The molecule has 2 aromatic carbocycles. The first-order valence-corrected chi connectivity index (χ1v) is 11.0. The third-order valence-corrected chi connectivity index (χ3v) is 6.25. The van der Waals surface area contributed by atoms with Crippen molar-refractivity contribution in [3.8, 4) is 17.2 Å². The zero-order valence-corrected chi connectivity index (χ0v) is 19.3. The number of phenols is 1. The Morgan fingerprint density at radius 2 is 1.91 bits per heavy atom. The highest BCUT2D eigenvalue weighted by molar-refractivity contribution is 6.05. The average Bonchev–Trinajstić information content (AvgIpc) is 3.22. The fourth-order valence-corrected chi connectivity index (χ4v) is 4.56. The fourth-order valence-electron chi connectivity index (χ4n) is 4.56. The van der Waals surface area contributed by atoms with Crippen LogP contribution in [-0.2, 0) is 12.8 Å². The monoisotopic (exact) mass is 478 g/mol. The summed E-state index contributed by atoms with van der Waals surface area (Å²) in [6, 6.07) is 4.35. The van der Waals surface area contributed by atoms with Gasteiger partial charge in [0.05, 0.1) is 47.9 Å². The van der Waals surface area contributed by atoms with Gasteiger partial charge in [-0.1, -0.05) is 0 Å². The van der Waals surface area contributed by atoms with Crippen LogP contribution in [0.5, 0.6) is 17.2 Å². The van der Waals surface area contributed by atoms with Crippen LogP contribution >= 0.6 is 0 Å². The minimum Gasteiger partial charge on any atom is -0.502 e. The van der Waals surface area contributed by atoms with Gasteiger partial charge in [-0.05, 0) is 32.3 Å². The number of ether oxygens (including phenoxy) is 2. The van der Waals surface area contributed by atoms with Gasteiger partial charge < -0.3 is 19.0 Å². The van der Waals surface area contributed by atoms with E-state index in [1.54, 1.807) is 13.0 Å². The molecule has 11 heteroatoms. The van der Waals surface area contributed by atoms with Gasteiger partial charge in [0.25, 0.3) is 5.56 Å². The number of aryl methyl sites for hydroxylation is 3. The first kappa shape index (κ1) is 22.4. The Bertz CT molecular complexity index is 1600. The van der Waals surface area contributed by atoms with E-state index < -0.39 is 21.9 Å². The molecule has 2 aromatic heterocycles. The molecular weight excluding hydrogens is 456 g/mol. The van der Waals surface area contributed by atoms with Crippen molar-refractivity contribution in [1.82, 2.24) is 9.66 Å². The summed E-state index contributed by atoms with van der Waals surface area (Å²) in [4.78, 5) is 28.6. The van der Waals surface area contributed by atoms with E-state index in [1.165, 1.54) is 32.6 Å². The second-order valence-corrected chi connectivity index (χ2v) is 8.24. The van der Waals surface area contributed by atoms with Gasteiger partial charge in [0.2, 0.25) is 5.75 Å². The van der Waals surface area contributed by atoms with Crippen molar-refractivity contribution in [2.24, 2.45) is 5.10 Å². The van der Waals surface area contributed by atoms with Crippen LogP contribution in [0.15, 0.2) is 32.5 Å². The van der Waals surface area contributed by atoms with Gasteiger partial charge in [0.1, 0.15) is 17.2 Å². The highest BCUT2D eigenvalue weighted by Crippen LogP contribution is 2.41. The molecule has 0 saturated carbocycles. The van der Waals surface area contributed by atoms with Crippen molar-refractivity contribution >= 4 is 33.8 Å². The highest BCUT2D eigenvalue weighted by Gasteiger charge is 2.27. The van der Waals surface area contributed by atoms with Gasteiger partial charge in [-0.3, -0.25) is 14.9 Å². The van der Waals surface area contributed by atoms with Crippen molar-refractivity contribution in [2.45, 2.75) is 32.6 Å². The number of hydrogen-bond acceptors (Lipinski definition) is 9. The van der Waals surface area contributed by atoms with Gasteiger partial charge in [-0.25, -0.2) is 4.98 Å². The molecule has 0 spiro atoms. The van der Waals surface area contributed by atoms with E-state index in [2.05, 4.69) is 10.1 Å². The lowest BCUT2D eigenvalue weighted by molar-refractivity contribution is -0.385. The molecule has 11 nitrogen and oxygen atoms in total. The van der Waals surface area contributed by atoms with Crippen molar-refractivity contribution in [3.05, 3.63) is 61.4 Å². The Kier molecular flexibility index (Phi) is 5.39. The van der Waals surface area contributed by atoms with Crippen LogP contribution in [0.2, 0.25) is 0 Å². The average molecular weight is 478 g/mol. The van der Waals surface area contributed by atoms with Gasteiger partial charge >= 0.3 is 5.69 Å². The number of methoxy groups -OCH3 is 2. The van der Waals surface area contributed by atoms with E-state index in [9.17, 15) is 20.0 Å². The summed E-state index contributed by atoms with van der Waals surface area (Å²) in [7, 11) is 2.95. The predicted octanol–water partition coefficient (Wildman–Crippen LogP) is 3.84. The molecular formula is C24H22N4O7. The quantitative estimate of drug-likeness (QED) is 0.259. The molecule has 180 valence electrons. The van der Waals surface area contributed by atoms with Gasteiger partial charge in [-0.15, -0.1) is 0 Å². The number of hydrogen-bond donors (Lipinski definition) is 1. The summed E-state index contributed by atoms with van der Waals surface area (Å²) in [6.07, 6.45) is 4.58. The van der Waals surface area contributed by atoms with Crippen molar-refractivity contribution in [2.75, 3.05) is 14.2 Å². The van der Waals surface area contributed by atoms with Gasteiger partial charge in [0, 0.05) is 23.4 Å². The summed E-state index contributed by atoms with van der Waals surface area (Å²) in [6.45, 7) is 1.61. The van der Waals surface area contributed by atoms with E-state index in [0.717, 1.165) is 35.3 Å². The smallest absolute Gasteiger partial charge is 0.315 e. The van der Waals surface area contributed by atoms with E-state index in [4.69, 9.17) is 13.9 Å². The number of nitro groups is 1. The van der Waals surface area contributed by atoms with Crippen LogP contribution in [0.1, 0.15) is 35.6 Å². The summed E-state index contributed by atoms with van der Waals surface area (Å²) < 4.78 is 17.6. The first-order chi connectivity index (χ1) is 16.8. The van der Waals surface area contributed by atoms with Crippen LogP contribution in [-0.4, -0.2) is 40.1 Å². The number of aromatic nitrogens is 2. The fraction of sp³-hybridized carbons (Fsp3) is 0.292. The number of fused-ring (bicyclic) bond motifs is 4. The standard InChI is InChI=1S/C24H22N4O7/c1-12-26-16-9-20(34-3)19(33-2)8-14(16)24(30)27(12)25-11-15-22-13-6-4-5-7-18(13)35-21(22)10-17(23(15)29)28(31)32/h8-11,29H,4-7H2,1-3H3. The van der Waals surface area contributed by atoms with Gasteiger partial charge in [0.15, 0.2) is 11.5 Å². The number of nitro benzene ring substituents is 1. The zero-order chi connectivity index (χ0) is 24.9. The molecule has 4 aromatic rings. The second kappa shape index (κ2) is 8.42. The topological polar surface area (TPSA) is 142 Å². The van der Waals surface area contributed by atoms with Crippen LogP contribution in [0.3, 0.4) is 0 Å². The van der Waals surface area contributed by atoms with E-state index in [-0.39, 0.29) is 16.8 Å². The number of benzene rings is 2. The predicted molar refractivity (Wildman–Crippen MR) is 128 cm³/mol. The molecule has 0 bridgehead atoms. The van der Waals surface area contributed by atoms with Crippen molar-refractivity contribution < 1.29 is 23.9 Å². The number of aromatic hydroxyl groups is 1. The Morgan fingerprint density at radius 1 is 1.20 bits per heavy atom. The minimum atomic E-state index is -0.678. The first-order valence-electron chi connectivity index (χ1n) is 11.0. The lowest BCUT2D eigenvalue weighted by atomic mass is 9.93. The van der Waals surface area contributed by atoms with E-state index in [0.29, 0.717) is 34.4 Å². The molecule has 0 fully saturated rings. The van der Waals surface area contributed by atoms with Crippen molar-refractivity contribution in [1.29, 1.82) is 0 Å². The Balaban J connectivity index is 1.73. The third-order valence-electron chi connectivity index (χ3n) is 6.25.